The fourth-order valence-corrected chi connectivity index (χ4v) is 4.50. The third kappa shape index (κ3) is 5.49. The zero-order valence-corrected chi connectivity index (χ0v) is 19.2. The summed E-state index contributed by atoms with van der Waals surface area (Å²) in [4.78, 5) is 12.6. The average Bonchev–Trinajstić information content (AvgIpc) is 3.49. The number of thioether (sulfide) groups is 1. The molecule has 7 nitrogen and oxygen atoms in total. The van der Waals surface area contributed by atoms with Crippen molar-refractivity contribution in [1.29, 1.82) is 0 Å². The Morgan fingerprint density at radius 3 is 2.69 bits per heavy atom. The number of carbonyl (C=O) groups is 1. The van der Waals surface area contributed by atoms with E-state index >= 15 is 0 Å². The van der Waals surface area contributed by atoms with Gasteiger partial charge >= 0.3 is 0 Å². The number of methoxy groups -OCH3 is 1. The minimum absolute atomic E-state index is 0.0379. The van der Waals surface area contributed by atoms with Crippen LogP contribution in [0, 0.1) is 0 Å². The van der Waals surface area contributed by atoms with Crippen LogP contribution in [0.25, 0.3) is 11.4 Å². The quantitative estimate of drug-likeness (QED) is 0.493. The van der Waals surface area contributed by atoms with E-state index in [0.29, 0.717) is 11.7 Å². The fraction of sp³-hybridized carbons (Fsp3) is 0.375. The maximum atomic E-state index is 12.6. The van der Waals surface area contributed by atoms with Gasteiger partial charge in [0, 0.05) is 12.2 Å². The van der Waals surface area contributed by atoms with Crippen LogP contribution < -0.4 is 10.1 Å². The van der Waals surface area contributed by atoms with Crippen LogP contribution in [0.1, 0.15) is 31.4 Å². The summed E-state index contributed by atoms with van der Waals surface area (Å²) in [6.07, 6.45) is 2.21. The first-order valence-electron chi connectivity index (χ1n) is 10.8. The monoisotopic (exact) mass is 452 g/mol. The third-order valence-corrected chi connectivity index (χ3v) is 6.45. The molecule has 8 heteroatoms. The van der Waals surface area contributed by atoms with Crippen molar-refractivity contribution in [3.05, 3.63) is 60.2 Å². The van der Waals surface area contributed by atoms with Crippen molar-refractivity contribution in [2.24, 2.45) is 0 Å². The molecule has 3 aromatic rings. The smallest absolute Gasteiger partial charge is 0.230 e. The molecule has 0 bridgehead atoms. The Labute approximate surface area is 192 Å². The molecule has 2 atom stereocenters. The summed E-state index contributed by atoms with van der Waals surface area (Å²) in [7, 11) is 1.65. The van der Waals surface area contributed by atoms with Gasteiger partial charge in [0.2, 0.25) is 5.91 Å². The Morgan fingerprint density at radius 2 is 2.00 bits per heavy atom. The number of hydrogen-bond acceptors (Lipinski definition) is 6. The molecule has 0 radical (unpaired) electrons. The number of rotatable bonds is 9. The number of amides is 1. The lowest BCUT2D eigenvalue weighted by Gasteiger charge is -2.16. The maximum absolute atomic E-state index is 12.6. The molecule has 2 unspecified atom stereocenters. The molecule has 1 saturated heterocycles. The number of benzene rings is 2. The van der Waals surface area contributed by atoms with Crippen molar-refractivity contribution in [2.45, 2.75) is 43.6 Å². The lowest BCUT2D eigenvalue weighted by Crippen LogP contribution is -2.28. The Bertz CT molecular complexity index is 1020. The predicted molar refractivity (Wildman–Crippen MR) is 125 cm³/mol. The molecule has 0 aliphatic carbocycles. The number of carbonyl (C=O) groups excluding carboxylic acids is 1. The minimum Gasteiger partial charge on any atom is -0.497 e. The van der Waals surface area contributed by atoms with Crippen LogP contribution in [0.3, 0.4) is 0 Å². The number of hydrogen-bond donors (Lipinski definition) is 1. The Hall–Kier alpha value is -2.84. The molecular weight excluding hydrogens is 424 g/mol. The summed E-state index contributed by atoms with van der Waals surface area (Å²) in [6, 6.07) is 17.6. The molecule has 32 heavy (non-hydrogen) atoms. The third-order valence-electron chi connectivity index (χ3n) is 5.48. The lowest BCUT2D eigenvalue weighted by atomic mass is 10.1. The van der Waals surface area contributed by atoms with E-state index < -0.39 is 0 Å². The number of nitrogens with one attached hydrogen (secondary N) is 1. The van der Waals surface area contributed by atoms with E-state index in [0.717, 1.165) is 42.1 Å². The van der Waals surface area contributed by atoms with Crippen molar-refractivity contribution in [3.8, 4) is 17.1 Å². The van der Waals surface area contributed by atoms with E-state index in [2.05, 4.69) is 20.1 Å². The van der Waals surface area contributed by atoms with Gasteiger partial charge in [0.05, 0.1) is 31.6 Å². The van der Waals surface area contributed by atoms with Gasteiger partial charge in [-0.1, -0.05) is 42.1 Å². The van der Waals surface area contributed by atoms with E-state index in [9.17, 15) is 4.79 Å². The molecule has 1 aliphatic heterocycles. The van der Waals surface area contributed by atoms with Crippen molar-refractivity contribution in [3.63, 3.8) is 0 Å². The van der Waals surface area contributed by atoms with Crippen LogP contribution in [-0.4, -0.2) is 46.2 Å². The summed E-state index contributed by atoms with van der Waals surface area (Å²) in [5.41, 5.74) is 2.03. The molecule has 1 aliphatic rings. The van der Waals surface area contributed by atoms with Gasteiger partial charge in [0.25, 0.3) is 0 Å². The molecule has 1 fully saturated rings. The zero-order valence-electron chi connectivity index (χ0n) is 18.4. The molecular formula is C24H28N4O3S. The number of aromatic nitrogens is 3. The second-order valence-corrected chi connectivity index (χ2v) is 8.71. The van der Waals surface area contributed by atoms with Gasteiger partial charge in [0.15, 0.2) is 11.0 Å². The van der Waals surface area contributed by atoms with Crippen LogP contribution in [0.5, 0.6) is 5.75 Å². The predicted octanol–water partition coefficient (Wildman–Crippen LogP) is 4.10. The van der Waals surface area contributed by atoms with Crippen molar-refractivity contribution >= 4 is 17.7 Å². The molecule has 0 spiro atoms. The van der Waals surface area contributed by atoms with E-state index in [4.69, 9.17) is 9.47 Å². The highest BCUT2D eigenvalue weighted by Gasteiger charge is 2.22. The van der Waals surface area contributed by atoms with Gasteiger partial charge in [-0.15, -0.1) is 10.2 Å². The summed E-state index contributed by atoms with van der Waals surface area (Å²) >= 11 is 1.40. The van der Waals surface area contributed by atoms with Crippen LogP contribution in [0.15, 0.2) is 59.8 Å². The second kappa shape index (κ2) is 10.7. The summed E-state index contributed by atoms with van der Waals surface area (Å²) in [5, 5.41) is 12.6. The van der Waals surface area contributed by atoms with E-state index in [1.165, 1.54) is 11.8 Å². The van der Waals surface area contributed by atoms with Gasteiger partial charge < -0.3 is 14.8 Å². The maximum Gasteiger partial charge on any atom is 0.230 e. The minimum atomic E-state index is -0.0519. The Morgan fingerprint density at radius 1 is 1.22 bits per heavy atom. The van der Waals surface area contributed by atoms with Crippen LogP contribution in [-0.2, 0) is 16.1 Å². The van der Waals surface area contributed by atoms with E-state index in [1.807, 2.05) is 61.5 Å². The Balaban J connectivity index is 1.47. The molecule has 0 saturated carbocycles. The fourth-order valence-electron chi connectivity index (χ4n) is 3.74. The van der Waals surface area contributed by atoms with Crippen molar-refractivity contribution < 1.29 is 14.3 Å². The van der Waals surface area contributed by atoms with Crippen molar-refractivity contribution in [1.82, 2.24) is 20.1 Å². The van der Waals surface area contributed by atoms with Gasteiger partial charge in [-0.2, -0.15) is 0 Å². The lowest BCUT2D eigenvalue weighted by molar-refractivity contribution is -0.119. The van der Waals surface area contributed by atoms with Gasteiger partial charge in [0.1, 0.15) is 5.75 Å². The number of ether oxygens (including phenoxy) is 2. The van der Waals surface area contributed by atoms with Gasteiger partial charge in [-0.3, -0.25) is 9.36 Å². The zero-order chi connectivity index (χ0) is 22.3. The molecule has 1 N–H and O–H groups in total. The molecule has 1 aromatic heterocycles. The highest BCUT2D eigenvalue weighted by Crippen LogP contribution is 2.28. The highest BCUT2D eigenvalue weighted by atomic mass is 32.2. The summed E-state index contributed by atoms with van der Waals surface area (Å²) in [5.74, 6) is 1.79. The van der Waals surface area contributed by atoms with Gasteiger partial charge in [-0.05, 0) is 49.6 Å². The van der Waals surface area contributed by atoms with E-state index in [-0.39, 0.29) is 23.8 Å². The highest BCUT2D eigenvalue weighted by molar-refractivity contribution is 7.99. The molecule has 2 aromatic carbocycles. The van der Waals surface area contributed by atoms with E-state index in [1.54, 1.807) is 7.11 Å². The number of nitrogens with zero attached hydrogens (tertiary/aromatic N) is 3. The first-order valence-corrected chi connectivity index (χ1v) is 11.8. The normalized spacial score (nSPS) is 16.6. The van der Waals surface area contributed by atoms with Gasteiger partial charge in [-0.25, -0.2) is 0 Å². The van der Waals surface area contributed by atoms with Crippen LogP contribution in [0.2, 0.25) is 0 Å². The molecule has 4 rings (SSSR count). The first-order chi connectivity index (χ1) is 15.6. The van der Waals surface area contributed by atoms with Crippen LogP contribution in [0.4, 0.5) is 0 Å². The average molecular weight is 453 g/mol. The first kappa shape index (κ1) is 22.4. The Kier molecular flexibility index (Phi) is 7.44. The van der Waals surface area contributed by atoms with Crippen molar-refractivity contribution in [2.75, 3.05) is 19.5 Å². The van der Waals surface area contributed by atoms with Crippen LogP contribution >= 0.6 is 11.8 Å². The standard InChI is InChI=1S/C24H28N4O3S/c1-17(18-7-4-3-5-8-18)25-22(29)16-32-24-27-26-23(19-10-12-20(30-2)13-11-19)28(24)15-21-9-6-14-31-21/h3-5,7-8,10-13,17,21H,6,9,14-16H2,1-2H3,(H,25,29). The largest absolute Gasteiger partial charge is 0.497 e. The summed E-state index contributed by atoms with van der Waals surface area (Å²) in [6.45, 7) is 3.44. The second-order valence-electron chi connectivity index (χ2n) is 7.77. The summed E-state index contributed by atoms with van der Waals surface area (Å²) < 4.78 is 13.2. The molecule has 2 heterocycles. The molecule has 1 amide bonds. The molecule has 168 valence electrons. The SMILES string of the molecule is COc1ccc(-c2nnc(SCC(=O)NC(C)c3ccccc3)n2CC2CCCO2)cc1. The topological polar surface area (TPSA) is 78.3 Å².